The smallest absolute Gasteiger partial charge is 0.310 e. The highest BCUT2D eigenvalue weighted by molar-refractivity contribution is 5.84. The molecule has 4 unspecified atom stereocenters. The molecule has 4 aliphatic heterocycles. The van der Waals surface area contributed by atoms with Crippen LogP contribution in [-0.2, 0) is 14.3 Å². The first-order chi connectivity index (χ1) is 16.0. The number of carboxylic acids is 1. The number of nitrogens with zero attached hydrogens (tertiary/aromatic N) is 2. The van der Waals surface area contributed by atoms with Crippen LogP contribution in [0.4, 0.5) is 0 Å². The molecule has 0 radical (unpaired) electrons. The number of aliphatic hydroxyl groups excluding tert-OH is 1. The molecule has 4 bridgehead atoms. The first kappa shape index (κ1) is 22.0. The molecule has 0 spiro atoms. The van der Waals surface area contributed by atoms with Gasteiger partial charge >= 0.3 is 11.9 Å². The van der Waals surface area contributed by atoms with Crippen LogP contribution in [-0.4, -0.2) is 57.3 Å². The molecule has 5 heterocycles. The molecule has 7 nitrogen and oxygen atoms in total. The summed E-state index contributed by atoms with van der Waals surface area (Å²) in [6.07, 6.45) is 6.76. The maximum atomic E-state index is 11.0. The number of aliphatic hydroxyl groups is 1. The Morgan fingerprint density at radius 3 is 2.70 bits per heavy atom. The van der Waals surface area contributed by atoms with Gasteiger partial charge in [0.15, 0.2) is 0 Å². The number of rotatable bonds is 4. The van der Waals surface area contributed by atoms with E-state index in [2.05, 4.69) is 28.6 Å². The van der Waals surface area contributed by atoms with Crippen molar-refractivity contribution in [3.8, 4) is 0 Å². The molecule has 1 aliphatic carbocycles. The molecular formula is C26H30N2O5. The normalized spacial score (nSPS) is 34.9. The molecular weight excluding hydrogens is 420 g/mol. The van der Waals surface area contributed by atoms with Gasteiger partial charge in [-0.2, -0.15) is 0 Å². The minimum Gasteiger partial charge on any atom is -0.481 e. The Hall–Kier alpha value is -2.77. The van der Waals surface area contributed by atoms with Gasteiger partial charge in [-0.25, -0.2) is 0 Å². The summed E-state index contributed by atoms with van der Waals surface area (Å²) in [5, 5.41) is 20.7. The number of carbonyl (C=O) groups is 2. The number of aromatic nitrogens is 1. The van der Waals surface area contributed by atoms with E-state index >= 15 is 0 Å². The lowest BCUT2D eigenvalue weighted by Gasteiger charge is -2.50. The van der Waals surface area contributed by atoms with Crippen molar-refractivity contribution in [1.82, 2.24) is 9.88 Å². The van der Waals surface area contributed by atoms with E-state index in [1.807, 2.05) is 30.5 Å². The van der Waals surface area contributed by atoms with Gasteiger partial charge < -0.3 is 14.9 Å². The second kappa shape index (κ2) is 8.88. The van der Waals surface area contributed by atoms with Crippen molar-refractivity contribution >= 4 is 22.8 Å². The zero-order valence-electron chi connectivity index (χ0n) is 18.5. The molecule has 174 valence electrons. The largest absolute Gasteiger partial charge is 0.481 e. The van der Waals surface area contributed by atoms with Crippen LogP contribution < -0.4 is 0 Å². The predicted molar refractivity (Wildman–Crippen MR) is 122 cm³/mol. The highest BCUT2D eigenvalue weighted by Crippen LogP contribution is 2.42. The Labute approximate surface area is 193 Å². The zero-order valence-corrected chi connectivity index (χ0v) is 18.5. The van der Waals surface area contributed by atoms with Crippen molar-refractivity contribution in [3.05, 3.63) is 54.7 Å². The number of hydrogen-bond acceptors (Lipinski definition) is 6. The maximum absolute atomic E-state index is 11.0. The van der Waals surface area contributed by atoms with Crippen LogP contribution in [0.15, 0.2) is 49.2 Å². The van der Waals surface area contributed by atoms with Gasteiger partial charge in [-0.3, -0.25) is 19.5 Å². The zero-order chi connectivity index (χ0) is 23.1. The molecule has 4 saturated heterocycles. The number of ether oxygens (including phenoxy) is 1. The highest BCUT2D eigenvalue weighted by Gasteiger charge is 2.51. The number of para-hydroxylation sites is 1. The Morgan fingerprint density at radius 2 is 2.06 bits per heavy atom. The van der Waals surface area contributed by atoms with Crippen LogP contribution in [0.1, 0.15) is 37.4 Å². The van der Waals surface area contributed by atoms with Crippen LogP contribution in [0.2, 0.25) is 0 Å². The first-order valence-corrected chi connectivity index (χ1v) is 11.8. The Balaban J connectivity index is 0.000000174. The molecule has 7 rings (SSSR count). The van der Waals surface area contributed by atoms with E-state index < -0.39 is 18.0 Å². The second-order valence-corrected chi connectivity index (χ2v) is 9.69. The Bertz CT molecular complexity index is 1070. The monoisotopic (exact) mass is 450 g/mol. The number of benzene rings is 1. The predicted octanol–water partition coefficient (Wildman–Crippen LogP) is 3.19. The van der Waals surface area contributed by atoms with Gasteiger partial charge in [0.1, 0.15) is 6.10 Å². The van der Waals surface area contributed by atoms with E-state index in [1.165, 1.54) is 6.42 Å². The number of piperidine rings is 3. The average molecular weight is 451 g/mol. The van der Waals surface area contributed by atoms with Crippen LogP contribution >= 0.6 is 0 Å². The number of fused-ring (bicyclic) bond motifs is 6. The maximum Gasteiger partial charge on any atom is 0.310 e. The fourth-order valence-corrected chi connectivity index (χ4v) is 6.16. The minimum atomic E-state index is -0.867. The van der Waals surface area contributed by atoms with Crippen molar-refractivity contribution in [3.63, 3.8) is 0 Å². The first-order valence-electron chi connectivity index (χ1n) is 11.8. The molecule has 5 aliphatic rings. The van der Waals surface area contributed by atoms with E-state index in [1.54, 1.807) is 0 Å². The number of carboxylic acid groups (broad SMARTS) is 1. The topological polar surface area (TPSA) is 100.0 Å². The lowest BCUT2D eigenvalue weighted by Crippen LogP contribution is -2.54. The van der Waals surface area contributed by atoms with Crippen molar-refractivity contribution in [2.24, 2.45) is 23.7 Å². The summed E-state index contributed by atoms with van der Waals surface area (Å²) in [7, 11) is 0. The SMILES string of the molecule is C=CC1CN2CCC1CC2[C@@H](O)c1ccnc2ccccc12.O=C(O)[C@H]1C[C@H]2C[C@@H]1C(=O)O2. The van der Waals surface area contributed by atoms with E-state index in [9.17, 15) is 14.7 Å². The molecule has 33 heavy (non-hydrogen) atoms. The molecule has 5 fully saturated rings. The summed E-state index contributed by atoms with van der Waals surface area (Å²) in [4.78, 5) is 28.2. The molecule has 8 atom stereocenters. The Morgan fingerprint density at radius 1 is 1.24 bits per heavy atom. The molecule has 1 aromatic heterocycles. The fourth-order valence-electron chi connectivity index (χ4n) is 6.16. The van der Waals surface area contributed by atoms with Gasteiger partial charge in [0, 0.05) is 24.2 Å². The van der Waals surface area contributed by atoms with Gasteiger partial charge in [-0.1, -0.05) is 24.3 Å². The van der Waals surface area contributed by atoms with E-state index in [4.69, 9.17) is 9.84 Å². The number of hydrogen-bond donors (Lipinski definition) is 2. The van der Waals surface area contributed by atoms with E-state index in [0.717, 1.165) is 36.0 Å². The number of esters is 1. The summed E-state index contributed by atoms with van der Waals surface area (Å²) in [5.41, 5.74) is 1.97. The lowest BCUT2D eigenvalue weighted by molar-refractivity contribution is -0.158. The van der Waals surface area contributed by atoms with Crippen molar-refractivity contribution in [2.45, 2.75) is 43.9 Å². The summed E-state index contributed by atoms with van der Waals surface area (Å²) >= 11 is 0. The molecule has 0 amide bonds. The van der Waals surface area contributed by atoms with Gasteiger partial charge in [-0.15, -0.1) is 6.58 Å². The number of carbonyl (C=O) groups excluding carboxylic acids is 1. The van der Waals surface area contributed by atoms with Crippen LogP contribution in [0.3, 0.4) is 0 Å². The molecule has 1 saturated carbocycles. The third-order valence-electron chi connectivity index (χ3n) is 7.94. The number of aliphatic carboxylic acids is 1. The van der Waals surface area contributed by atoms with Crippen LogP contribution in [0, 0.1) is 23.7 Å². The highest BCUT2D eigenvalue weighted by atomic mass is 16.6. The minimum absolute atomic E-state index is 0.117. The van der Waals surface area contributed by atoms with Gasteiger partial charge in [0.25, 0.3) is 0 Å². The third kappa shape index (κ3) is 4.04. The molecule has 2 aromatic rings. The Kier molecular flexibility index (Phi) is 5.93. The van der Waals surface area contributed by atoms with Crippen molar-refractivity contribution in [1.29, 1.82) is 0 Å². The average Bonchev–Trinajstić information content (AvgIpc) is 3.44. The van der Waals surface area contributed by atoms with Gasteiger partial charge in [0.05, 0.1) is 23.5 Å². The van der Waals surface area contributed by atoms with E-state index in [0.29, 0.717) is 24.7 Å². The standard InChI is InChI=1S/C19H22N2O.C7H8O4/c1-2-13-12-21-10-8-14(13)11-18(21)19(22)16-7-9-20-17-6-4-3-5-15(16)17;8-6(9)4-1-3-2-5(4)7(10)11-3/h2-7,9,13-14,18-19,22H,1,8,10-12H2;3-5H,1-2H2,(H,8,9)/t13?,14?,18?,19-;3-,4-,5-/m00/s1. The number of pyridine rings is 1. The summed E-state index contributed by atoms with van der Waals surface area (Å²) in [6.45, 7) is 6.11. The van der Waals surface area contributed by atoms with Crippen molar-refractivity contribution in [2.75, 3.05) is 13.1 Å². The quantitative estimate of drug-likeness (QED) is 0.545. The van der Waals surface area contributed by atoms with E-state index in [-0.39, 0.29) is 24.0 Å². The summed E-state index contributed by atoms with van der Waals surface area (Å²) in [6, 6.07) is 10.3. The molecule has 7 heteroatoms. The van der Waals surface area contributed by atoms with Crippen LogP contribution in [0.5, 0.6) is 0 Å². The van der Waals surface area contributed by atoms with Gasteiger partial charge in [0.2, 0.25) is 0 Å². The van der Waals surface area contributed by atoms with Gasteiger partial charge in [-0.05, 0) is 61.8 Å². The fraction of sp³-hybridized carbons (Fsp3) is 0.500. The van der Waals surface area contributed by atoms with Crippen molar-refractivity contribution < 1.29 is 24.5 Å². The summed E-state index contributed by atoms with van der Waals surface area (Å²) in [5.74, 6) is -0.775. The second-order valence-electron chi connectivity index (χ2n) is 9.69. The molecule has 2 N–H and O–H groups in total. The third-order valence-corrected chi connectivity index (χ3v) is 7.94. The van der Waals surface area contributed by atoms with Crippen LogP contribution in [0.25, 0.3) is 10.9 Å². The summed E-state index contributed by atoms with van der Waals surface area (Å²) < 4.78 is 4.84. The lowest BCUT2D eigenvalue weighted by atomic mass is 9.73. The molecule has 1 aromatic carbocycles.